The van der Waals surface area contributed by atoms with E-state index in [0.29, 0.717) is 0 Å². The molecule has 0 radical (unpaired) electrons. The number of carboxylic acid groups (broad SMARTS) is 1. The minimum Gasteiger partial charge on any atom is -0.480 e. The molecule has 1 unspecified atom stereocenters. The van der Waals surface area contributed by atoms with Gasteiger partial charge in [0.05, 0.1) is 0 Å². The average molecular weight is 253 g/mol. The average Bonchev–Trinajstić information content (AvgIpc) is 2.31. The zero-order chi connectivity index (χ0) is 13.8. The van der Waals surface area contributed by atoms with Crippen LogP contribution in [0.1, 0.15) is 20.3 Å². The van der Waals surface area contributed by atoms with Crippen molar-refractivity contribution in [1.82, 2.24) is 14.9 Å². The molecule has 1 heterocycles. The highest BCUT2D eigenvalue weighted by Gasteiger charge is 2.32. The maximum absolute atomic E-state index is 11.7. The second-order valence-electron chi connectivity index (χ2n) is 4.07. The van der Waals surface area contributed by atoms with Gasteiger partial charge in [0.15, 0.2) is 0 Å². The van der Waals surface area contributed by atoms with Crippen molar-refractivity contribution in [3.63, 3.8) is 0 Å². The van der Waals surface area contributed by atoms with E-state index in [9.17, 15) is 14.4 Å². The highest BCUT2D eigenvalue weighted by atomic mass is 16.4. The monoisotopic (exact) mass is 253 g/mol. The molecule has 0 spiro atoms. The third kappa shape index (κ3) is 3.16. The van der Waals surface area contributed by atoms with E-state index in [4.69, 9.17) is 5.11 Å². The molecule has 0 aliphatic heterocycles. The van der Waals surface area contributed by atoms with Crippen LogP contribution in [-0.2, 0) is 16.1 Å². The van der Waals surface area contributed by atoms with Gasteiger partial charge in [-0.2, -0.15) is 0 Å². The van der Waals surface area contributed by atoms with Crippen LogP contribution in [0.25, 0.3) is 0 Å². The number of aromatic nitrogens is 2. The number of carbonyl (C=O) groups is 2. The van der Waals surface area contributed by atoms with Crippen molar-refractivity contribution in [2.75, 3.05) is 0 Å². The molecule has 2 N–H and O–H groups in total. The van der Waals surface area contributed by atoms with Gasteiger partial charge in [-0.05, 0) is 19.4 Å². The van der Waals surface area contributed by atoms with Crippen molar-refractivity contribution in [3.8, 4) is 0 Å². The number of aliphatic carboxylic acids is 1. The second-order valence-corrected chi connectivity index (χ2v) is 4.07. The van der Waals surface area contributed by atoms with Gasteiger partial charge in [0.1, 0.15) is 12.1 Å². The van der Waals surface area contributed by atoms with E-state index in [1.54, 1.807) is 6.92 Å². The fourth-order valence-corrected chi connectivity index (χ4v) is 1.30. The van der Waals surface area contributed by atoms with Gasteiger partial charge in [-0.1, -0.05) is 6.92 Å². The highest BCUT2D eigenvalue weighted by molar-refractivity contribution is 5.86. The molecule has 1 rings (SSSR count). The van der Waals surface area contributed by atoms with Crippen LogP contribution in [0.3, 0.4) is 0 Å². The van der Waals surface area contributed by atoms with E-state index in [2.05, 4.69) is 10.3 Å². The van der Waals surface area contributed by atoms with Gasteiger partial charge >= 0.3 is 11.7 Å². The summed E-state index contributed by atoms with van der Waals surface area (Å²) < 4.78 is 1.10. The lowest BCUT2D eigenvalue weighted by atomic mass is 9.99. The van der Waals surface area contributed by atoms with E-state index >= 15 is 0 Å². The van der Waals surface area contributed by atoms with Gasteiger partial charge < -0.3 is 10.4 Å². The smallest absolute Gasteiger partial charge is 0.347 e. The number of amides is 1. The molecule has 0 aliphatic carbocycles. The van der Waals surface area contributed by atoms with Crippen LogP contribution in [0, 0.1) is 0 Å². The van der Waals surface area contributed by atoms with E-state index in [-0.39, 0.29) is 13.0 Å². The summed E-state index contributed by atoms with van der Waals surface area (Å²) in [5.74, 6) is -1.66. The first-order valence-electron chi connectivity index (χ1n) is 5.45. The molecular weight excluding hydrogens is 238 g/mol. The van der Waals surface area contributed by atoms with Gasteiger partial charge in [-0.3, -0.25) is 9.36 Å². The maximum Gasteiger partial charge on any atom is 0.347 e. The Hall–Kier alpha value is -2.18. The Kier molecular flexibility index (Phi) is 4.19. The number of nitrogens with one attached hydrogen (secondary N) is 1. The molecule has 0 bridgehead atoms. The standard InChI is InChI=1S/C11H15N3O4/c1-3-11(2,9(16)17)13-8(15)7-14-6-4-5-12-10(14)18/h4-6H,3,7H2,1-2H3,(H,13,15)(H,16,17). The SMILES string of the molecule is CCC(C)(NC(=O)Cn1cccnc1=O)C(=O)O. The van der Waals surface area contributed by atoms with Crippen LogP contribution >= 0.6 is 0 Å². The lowest BCUT2D eigenvalue weighted by molar-refractivity contribution is -0.147. The van der Waals surface area contributed by atoms with E-state index in [1.807, 2.05) is 0 Å². The van der Waals surface area contributed by atoms with Gasteiger partial charge in [-0.15, -0.1) is 0 Å². The summed E-state index contributed by atoms with van der Waals surface area (Å²) >= 11 is 0. The van der Waals surface area contributed by atoms with E-state index in [0.717, 1.165) is 4.57 Å². The summed E-state index contributed by atoms with van der Waals surface area (Å²) in [6.07, 6.45) is 2.99. The van der Waals surface area contributed by atoms with Gasteiger partial charge in [0.2, 0.25) is 5.91 Å². The summed E-state index contributed by atoms with van der Waals surface area (Å²) in [5, 5.41) is 11.4. The van der Waals surface area contributed by atoms with Crippen molar-refractivity contribution < 1.29 is 14.7 Å². The molecule has 1 aromatic rings. The summed E-state index contributed by atoms with van der Waals surface area (Å²) in [7, 11) is 0. The van der Waals surface area contributed by atoms with Crippen LogP contribution < -0.4 is 11.0 Å². The molecule has 1 atom stereocenters. The molecule has 98 valence electrons. The third-order valence-corrected chi connectivity index (χ3v) is 2.69. The van der Waals surface area contributed by atoms with Crippen molar-refractivity contribution in [2.24, 2.45) is 0 Å². The van der Waals surface area contributed by atoms with Crippen molar-refractivity contribution >= 4 is 11.9 Å². The van der Waals surface area contributed by atoms with E-state index in [1.165, 1.54) is 25.4 Å². The number of hydrogen-bond donors (Lipinski definition) is 2. The third-order valence-electron chi connectivity index (χ3n) is 2.69. The molecule has 0 fully saturated rings. The molecule has 0 aromatic carbocycles. The molecule has 18 heavy (non-hydrogen) atoms. The molecule has 0 saturated carbocycles. The first kappa shape index (κ1) is 13.9. The number of carboxylic acids is 1. The van der Waals surface area contributed by atoms with Crippen molar-refractivity contribution in [1.29, 1.82) is 0 Å². The Morgan fingerprint density at radius 3 is 2.72 bits per heavy atom. The summed E-state index contributed by atoms with van der Waals surface area (Å²) in [6.45, 7) is 2.82. The molecule has 1 amide bonds. The Morgan fingerprint density at radius 1 is 1.56 bits per heavy atom. The van der Waals surface area contributed by atoms with Gasteiger partial charge in [-0.25, -0.2) is 14.6 Å². The lowest BCUT2D eigenvalue weighted by Gasteiger charge is -2.24. The first-order chi connectivity index (χ1) is 8.39. The molecule has 7 heteroatoms. The predicted octanol–water partition coefficient (Wildman–Crippen LogP) is -0.387. The second kappa shape index (κ2) is 5.44. The van der Waals surface area contributed by atoms with Gasteiger partial charge in [0, 0.05) is 12.4 Å². The molecule has 1 aromatic heterocycles. The number of carbonyl (C=O) groups excluding carboxylic acids is 1. The minimum atomic E-state index is -1.33. The number of rotatable bonds is 5. The fraction of sp³-hybridized carbons (Fsp3) is 0.455. The van der Waals surface area contributed by atoms with Crippen LogP contribution in [0.2, 0.25) is 0 Å². The topological polar surface area (TPSA) is 101 Å². The first-order valence-corrected chi connectivity index (χ1v) is 5.45. The summed E-state index contributed by atoms with van der Waals surface area (Å²) in [6, 6.07) is 1.52. The number of hydrogen-bond acceptors (Lipinski definition) is 4. The van der Waals surface area contributed by atoms with Crippen LogP contribution in [0.15, 0.2) is 23.3 Å². The Bertz CT molecular complexity index is 511. The fourth-order valence-electron chi connectivity index (χ4n) is 1.30. The minimum absolute atomic E-state index is 0.246. The van der Waals surface area contributed by atoms with Crippen molar-refractivity contribution in [3.05, 3.63) is 28.9 Å². The number of nitrogens with zero attached hydrogens (tertiary/aromatic N) is 2. The molecule has 7 nitrogen and oxygen atoms in total. The lowest BCUT2D eigenvalue weighted by Crippen LogP contribution is -2.53. The zero-order valence-corrected chi connectivity index (χ0v) is 10.2. The zero-order valence-electron chi connectivity index (χ0n) is 10.2. The van der Waals surface area contributed by atoms with Crippen LogP contribution in [0.4, 0.5) is 0 Å². The molecule has 0 aliphatic rings. The molecule has 0 saturated heterocycles. The molecular formula is C11H15N3O4. The quantitative estimate of drug-likeness (QED) is 0.744. The summed E-state index contributed by atoms with van der Waals surface area (Å²) in [4.78, 5) is 37.5. The normalized spacial score (nSPS) is 13.7. The predicted molar refractivity (Wildman–Crippen MR) is 63.0 cm³/mol. The highest BCUT2D eigenvalue weighted by Crippen LogP contribution is 2.08. The van der Waals surface area contributed by atoms with Crippen LogP contribution in [0.5, 0.6) is 0 Å². The van der Waals surface area contributed by atoms with Crippen molar-refractivity contribution in [2.45, 2.75) is 32.4 Å². The Morgan fingerprint density at radius 2 is 2.22 bits per heavy atom. The van der Waals surface area contributed by atoms with Gasteiger partial charge in [0.25, 0.3) is 0 Å². The largest absolute Gasteiger partial charge is 0.480 e. The van der Waals surface area contributed by atoms with Crippen LogP contribution in [-0.4, -0.2) is 32.1 Å². The Labute approximate surface area is 103 Å². The maximum atomic E-state index is 11.7. The Balaban J connectivity index is 2.76. The summed E-state index contributed by atoms with van der Waals surface area (Å²) in [5.41, 5.74) is -1.88. The van der Waals surface area contributed by atoms with E-state index < -0.39 is 23.1 Å².